The van der Waals surface area contributed by atoms with Gasteiger partial charge < -0.3 is 9.84 Å². The Kier molecular flexibility index (Phi) is 7.06. The van der Waals surface area contributed by atoms with Crippen molar-refractivity contribution in [1.29, 1.82) is 0 Å². The van der Waals surface area contributed by atoms with Crippen molar-refractivity contribution < 1.29 is 22.5 Å². The summed E-state index contributed by atoms with van der Waals surface area (Å²) in [7, 11) is 0. The van der Waals surface area contributed by atoms with Crippen LogP contribution in [-0.2, 0) is 24.3 Å². The molecule has 0 unspecified atom stereocenters. The molecule has 170 valence electrons. The van der Waals surface area contributed by atoms with Crippen LogP contribution >= 0.6 is 0 Å². The molecule has 2 aromatic heterocycles. The predicted octanol–water partition coefficient (Wildman–Crippen LogP) is 3.11. The lowest BCUT2D eigenvalue weighted by Crippen LogP contribution is -2.34. The van der Waals surface area contributed by atoms with Crippen LogP contribution in [0.5, 0.6) is 0 Å². The van der Waals surface area contributed by atoms with Crippen molar-refractivity contribution in [1.82, 2.24) is 25.0 Å². The molecule has 1 aromatic carbocycles. The minimum Gasteiger partial charge on any atom is -0.345 e. The number of hydrogen-bond acceptors (Lipinski definition) is 6. The molecule has 2 heterocycles. The van der Waals surface area contributed by atoms with Gasteiger partial charge in [0, 0.05) is 24.5 Å². The number of aryl methyl sites for hydroxylation is 3. The van der Waals surface area contributed by atoms with Gasteiger partial charge in [-0.05, 0) is 20.3 Å². The fourth-order valence-corrected chi connectivity index (χ4v) is 3.02. The second-order valence-electron chi connectivity index (χ2n) is 7.33. The van der Waals surface area contributed by atoms with E-state index in [-0.39, 0.29) is 31.1 Å². The molecule has 1 amide bonds. The number of carbonyl (C=O) groups is 1. The third kappa shape index (κ3) is 6.50. The van der Waals surface area contributed by atoms with Gasteiger partial charge in [-0.2, -0.15) is 18.2 Å². The SMILES string of the molecule is Cc1ccc(-c2cc(=O)n(CC(=O)NCc3nc(C)no3)c(CCCC(F)(F)F)n2)cc1. The Balaban J connectivity index is 1.82. The Labute approximate surface area is 181 Å². The summed E-state index contributed by atoms with van der Waals surface area (Å²) in [5, 5.41) is 6.16. The van der Waals surface area contributed by atoms with Crippen molar-refractivity contribution in [3.63, 3.8) is 0 Å². The summed E-state index contributed by atoms with van der Waals surface area (Å²) >= 11 is 0. The highest BCUT2D eigenvalue weighted by Gasteiger charge is 2.26. The molecule has 0 aliphatic heterocycles. The third-order valence-electron chi connectivity index (χ3n) is 4.60. The lowest BCUT2D eigenvalue weighted by atomic mass is 10.1. The average Bonchev–Trinajstić information content (AvgIpc) is 3.13. The smallest absolute Gasteiger partial charge is 0.345 e. The van der Waals surface area contributed by atoms with Gasteiger partial charge in [0.2, 0.25) is 11.8 Å². The average molecular weight is 449 g/mol. The molecular formula is C21H22F3N5O3. The molecule has 0 radical (unpaired) electrons. The van der Waals surface area contributed by atoms with E-state index in [9.17, 15) is 22.8 Å². The first-order chi connectivity index (χ1) is 15.1. The van der Waals surface area contributed by atoms with Crippen LogP contribution in [0, 0.1) is 13.8 Å². The van der Waals surface area contributed by atoms with Crippen molar-refractivity contribution in [2.24, 2.45) is 0 Å². The summed E-state index contributed by atoms with van der Waals surface area (Å²) < 4.78 is 43.9. The maximum Gasteiger partial charge on any atom is 0.389 e. The zero-order valence-corrected chi connectivity index (χ0v) is 17.6. The molecule has 0 bridgehead atoms. The molecular weight excluding hydrogens is 427 g/mol. The minimum atomic E-state index is -4.32. The summed E-state index contributed by atoms with van der Waals surface area (Å²) in [6.45, 7) is 3.11. The maximum atomic E-state index is 12.8. The van der Waals surface area contributed by atoms with E-state index in [1.54, 1.807) is 19.1 Å². The summed E-state index contributed by atoms with van der Waals surface area (Å²) in [4.78, 5) is 33.5. The molecule has 8 nitrogen and oxygen atoms in total. The lowest BCUT2D eigenvalue weighted by molar-refractivity contribution is -0.135. The number of nitrogens with zero attached hydrogens (tertiary/aromatic N) is 4. The number of nitrogens with one attached hydrogen (secondary N) is 1. The van der Waals surface area contributed by atoms with Crippen LogP contribution in [0.15, 0.2) is 39.6 Å². The Morgan fingerprint density at radius 1 is 1.16 bits per heavy atom. The van der Waals surface area contributed by atoms with Gasteiger partial charge in [0.15, 0.2) is 5.82 Å². The highest BCUT2D eigenvalue weighted by Crippen LogP contribution is 2.23. The number of carbonyl (C=O) groups excluding carboxylic acids is 1. The topological polar surface area (TPSA) is 103 Å². The van der Waals surface area contributed by atoms with Gasteiger partial charge in [-0.25, -0.2) is 4.98 Å². The summed E-state index contributed by atoms with van der Waals surface area (Å²) in [5.41, 5.74) is 1.49. The van der Waals surface area contributed by atoms with E-state index in [1.165, 1.54) is 6.07 Å². The highest BCUT2D eigenvalue weighted by atomic mass is 19.4. The van der Waals surface area contributed by atoms with E-state index in [2.05, 4.69) is 20.4 Å². The molecule has 0 saturated carbocycles. The standard InChI is InChI=1S/C21H22F3N5O3/c1-13-5-7-15(8-6-13)16-10-20(31)29(17(27-16)4-3-9-21(22,23)24)12-18(30)25-11-19-26-14(2)28-32-19/h5-8,10H,3-4,9,11-12H2,1-2H3,(H,25,30). The molecule has 11 heteroatoms. The van der Waals surface area contributed by atoms with Crippen LogP contribution in [-0.4, -0.2) is 31.8 Å². The quantitative estimate of drug-likeness (QED) is 0.567. The number of benzene rings is 1. The minimum absolute atomic E-state index is 0.0350. The van der Waals surface area contributed by atoms with Crippen LogP contribution < -0.4 is 10.9 Å². The second-order valence-corrected chi connectivity index (χ2v) is 7.33. The van der Waals surface area contributed by atoms with Crippen molar-refractivity contribution >= 4 is 5.91 Å². The summed E-state index contributed by atoms with van der Waals surface area (Å²) in [6.07, 6.45) is -5.69. The molecule has 0 atom stereocenters. The van der Waals surface area contributed by atoms with Gasteiger partial charge in [0.05, 0.1) is 12.2 Å². The molecule has 1 N–H and O–H groups in total. The van der Waals surface area contributed by atoms with Crippen LogP contribution in [0.1, 0.15) is 35.9 Å². The zero-order valence-electron chi connectivity index (χ0n) is 17.6. The van der Waals surface area contributed by atoms with Gasteiger partial charge in [-0.1, -0.05) is 35.0 Å². The summed E-state index contributed by atoms with van der Waals surface area (Å²) in [5.74, 6) is 0.181. The molecule has 3 aromatic rings. The molecule has 0 saturated heterocycles. The van der Waals surface area contributed by atoms with Gasteiger partial charge in [0.1, 0.15) is 12.4 Å². The largest absolute Gasteiger partial charge is 0.389 e. The van der Waals surface area contributed by atoms with E-state index in [0.29, 0.717) is 17.1 Å². The number of halogens is 3. The Hall–Kier alpha value is -3.50. The number of hydrogen-bond donors (Lipinski definition) is 1. The van der Waals surface area contributed by atoms with E-state index < -0.39 is 30.6 Å². The van der Waals surface area contributed by atoms with E-state index in [0.717, 1.165) is 10.1 Å². The van der Waals surface area contributed by atoms with Gasteiger partial charge >= 0.3 is 6.18 Å². The fraction of sp³-hybridized carbons (Fsp3) is 0.381. The maximum absolute atomic E-state index is 12.8. The Bertz CT molecular complexity index is 1140. The third-order valence-corrected chi connectivity index (χ3v) is 4.60. The van der Waals surface area contributed by atoms with Crippen molar-refractivity contribution in [2.75, 3.05) is 0 Å². The molecule has 0 aliphatic rings. The monoisotopic (exact) mass is 449 g/mol. The molecule has 32 heavy (non-hydrogen) atoms. The molecule has 0 fully saturated rings. The second kappa shape index (κ2) is 9.75. The van der Waals surface area contributed by atoms with E-state index in [1.807, 2.05) is 19.1 Å². The van der Waals surface area contributed by atoms with Crippen LogP contribution in [0.4, 0.5) is 13.2 Å². The molecule has 0 spiro atoms. The Morgan fingerprint density at radius 3 is 2.50 bits per heavy atom. The van der Waals surface area contributed by atoms with Crippen LogP contribution in [0.3, 0.4) is 0 Å². The number of aromatic nitrogens is 4. The lowest BCUT2D eigenvalue weighted by Gasteiger charge is -2.14. The first kappa shape index (κ1) is 23.2. The predicted molar refractivity (Wildman–Crippen MR) is 109 cm³/mol. The van der Waals surface area contributed by atoms with Crippen molar-refractivity contribution in [2.45, 2.75) is 52.4 Å². The van der Waals surface area contributed by atoms with Gasteiger partial charge in [-0.15, -0.1) is 0 Å². The van der Waals surface area contributed by atoms with Gasteiger partial charge in [0.25, 0.3) is 5.56 Å². The van der Waals surface area contributed by atoms with E-state index >= 15 is 0 Å². The first-order valence-electron chi connectivity index (χ1n) is 9.91. The molecule has 3 rings (SSSR count). The Morgan fingerprint density at radius 2 is 1.88 bits per heavy atom. The highest BCUT2D eigenvalue weighted by molar-refractivity contribution is 5.75. The number of amides is 1. The first-order valence-corrected chi connectivity index (χ1v) is 9.91. The number of rotatable bonds is 8. The molecule has 0 aliphatic carbocycles. The van der Waals surface area contributed by atoms with Crippen LogP contribution in [0.2, 0.25) is 0 Å². The number of alkyl halides is 3. The van der Waals surface area contributed by atoms with Crippen molar-refractivity contribution in [3.8, 4) is 11.3 Å². The fourth-order valence-electron chi connectivity index (χ4n) is 3.02. The van der Waals surface area contributed by atoms with Crippen molar-refractivity contribution in [3.05, 3.63) is 63.8 Å². The van der Waals surface area contributed by atoms with E-state index in [4.69, 9.17) is 4.52 Å². The zero-order chi connectivity index (χ0) is 23.3. The normalized spacial score (nSPS) is 11.5. The van der Waals surface area contributed by atoms with Gasteiger partial charge in [-0.3, -0.25) is 14.2 Å². The van der Waals surface area contributed by atoms with Crippen LogP contribution in [0.25, 0.3) is 11.3 Å². The summed E-state index contributed by atoms with van der Waals surface area (Å²) in [6, 6.07) is 8.52.